The van der Waals surface area contributed by atoms with E-state index in [9.17, 15) is 14.4 Å². The van der Waals surface area contributed by atoms with Crippen LogP contribution in [-0.4, -0.2) is 33.6 Å². The van der Waals surface area contributed by atoms with Crippen molar-refractivity contribution in [2.45, 2.75) is 5.92 Å². The molecule has 0 amide bonds. The van der Waals surface area contributed by atoms with Crippen LogP contribution in [0.15, 0.2) is 35.4 Å². The Morgan fingerprint density at radius 3 is 2.06 bits per heavy atom. The van der Waals surface area contributed by atoms with Gasteiger partial charge in [0.2, 0.25) is 11.5 Å². The van der Waals surface area contributed by atoms with Gasteiger partial charge in [-0.15, -0.1) is 0 Å². The summed E-state index contributed by atoms with van der Waals surface area (Å²) in [5.41, 5.74) is -0.830. The molecule has 0 spiro atoms. The number of Topliss-reactive ketones (excluding diaryl/α,β-unsaturated/α-hetero) is 1. The highest BCUT2D eigenvalue weighted by molar-refractivity contribution is 6.66. The molecule has 0 radical (unpaired) electrons. The van der Waals surface area contributed by atoms with Crippen LogP contribution in [0, 0.1) is 0 Å². The van der Waals surface area contributed by atoms with E-state index < -0.39 is 29.4 Å². The topological polar surface area (TPSA) is 130 Å². The number of carbonyl (C=O) groups excluding carboxylic acids is 1. The number of benzene rings is 1. The van der Waals surface area contributed by atoms with Crippen LogP contribution in [0.4, 0.5) is 0 Å². The van der Waals surface area contributed by atoms with Crippen molar-refractivity contribution in [2.75, 3.05) is 0 Å². The molecule has 7 heteroatoms. The fraction of sp³-hybridized carbons (Fsp3) is 0.0909. The van der Waals surface area contributed by atoms with Crippen LogP contribution in [0.25, 0.3) is 0 Å². The number of carboxylic acid groups (broad SMARTS) is 2. The van der Waals surface area contributed by atoms with Gasteiger partial charge in [0.25, 0.3) is 0 Å². The molecular formula is C11H10N2O5. The zero-order valence-corrected chi connectivity index (χ0v) is 9.11. The number of ketones is 1. The van der Waals surface area contributed by atoms with E-state index in [1.54, 1.807) is 18.2 Å². The highest BCUT2D eigenvalue weighted by Gasteiger charge is 2.34. The van der Waals surface area contributed by atoms with Gasteiger partial charge in [0, 0.05) is 0 Å². The van der Waals surface area contributed by atoms with Crippen LogP contribution >= 0.6 is 0 Å². The van der Waals surface area contributed by atoms with E-state index in [1.807, 2.05) is 0 Å². The summed E-state index contributed by atoms with van der Waals surface area (Å²) in [5, 5.41) is 20.5. The van der Waals surface area contributed by atoms with E-state index in [2.05, 4.69) is 5.10 Å². The van der Waals surface area contributed by atoms with Crippen molar-refractivity contribution >= 4 is 23.4 Å². The fourth-order valence-corrected chi connectivity index (χ4v) is 1.41. The molecule has 1 unspecified atom stereocenters. The van der Waals surface area contributed by atoms with Gasteiger partial charge in [-0.2, -0.15) is 5.10 Å². The first kappa shape index (κ1) is 13.4. The lowest BCUT2D eigenvalue weighted by molar-refractivity contribution is -0.141. The summed E-state index contributed by atoms with van der Waals surface area (Å²) < 4.78 is 0. The van der Waals surface area contributed by atoms with E-state index in [0.29, 0.717) is 0 Å². The van der Waals surface area contributed by atoms with Crippen LogP contribution in [0.1, 0.15) is 11.5 Å². The minimum Gasteiger partial charge on any atom is -0.480 e. The van der Waals surface area contributed by atoms with Crippen molar-refractivity contribution in [3.8, 4) is 0 Å². The largest absolute Gasteiger partial charge is 0.480 e. The molecule has 1 rings (SSSR count). The maximum absolute atomic E-state index is 11.8. The third-order valence-electron chi connectivity index (χ3n) is 2.21. The van der Waals surface area contributed by atoms with Crippen LogP contribution < -0.4 is 5.84 Å². The van der Waals surface area contributed by atoms with Crippen LogP contribution in [0.2, 0.25) is 0 Å². The average molecular weight is 250 g/mol. The van der Waals surface area contributed by atoms with Crippen molar-refractivity contribution in [2.24, 2.45) is 10.9 Å². The molecule has 0 aliphatic carbocycles. The molecule has 1 aromatic rings. The fourth-order valence-electron chi connectivity index (χ4n) is 1.41. The summed E-state index contributed by atoms with van der Waals surface area (Å²) in [7, 11) is 0. The monoisotopic (exact) mass is 250 g/mol. The third-order valence-corrected chi connectivity index (χ3v) is 2.21. The second-order valence-electron chi connectivity index (χ2n) is 3.33. The van der Waals surface area contributed by atoms with Gasteiger partial charge in [0.05, 0.1) is 0 Å². The number of nitrogens with two attached hydrogens (primary N) is 1. The maximum Gasteiger partial charge on any atom is 0.360 e. The van der Waals surface area contributed by atoms with Crippen molar-refractivity contribution in [3.05, 3.63) is 35.9 Å². The van der Waals surface area contributed by atoms with E-state index in [4.69, 9.17) is 16.1 Å². The SMILES string of the molecule is NN=C(C(=O)O)C(=O)C(C(=O)O)c1ccccc1. The Balaban J connectivity index is 3.20. The number of hydrogen-bond donors (Lipinski definition) is 3. The summed E-state index contributed by atoms with van der Waals surface area (Å²) in [6, 6.07) is 7.54. The summed E-state index contributed by atoms with van der Waals surface area (Å²) in [6.07, 6.45) is 0. The molecule has 0 saturated carbocycles. The van der Waals surface area contributed by atoms with Crippen molar-refractivity contribution in [3.63, 3.8) is 0 Å². The smallest absolute Gasteiger partial charge is 0.360 e. The Morgan fingerprint density at radius 2 is 1.67 bits per heavy atom. The Morgan fingerprint density at radius 1 is 1.11 bits per heavy atom. The van der Waals surface area contributed by atoms with E-state index in [1.165, 1.54) is 12.1 Å². The Hall–Kier alpha value is -2.70. The minimum atomic E-state index is -1.66. The molecule has 7 nitrogen and oxygen atoms in total. The molecule has 1 aromatic carbocycles. The van der Waals surface area contributed by atoms with Crippen LogP contribution in [0.5, 0.6) is 0 Å². The lowest BCUT2D eigenvalue weighted by atomic mass is 9.92. The average Bonchev–Trinajstić information content (AvgIpc) is 2.30. The minimum absolute atomic E-state index is 0.164. The van der Waals surface area contributed by atoms with Gasteiger partial charge >= 0.3 is 11.9 Å². The number of aliphatic carboxylic acids is 2. The standard InChI is InChI=1S/C11H10N2O5/c12-13-8(11(17)18)9(14)7(10(15)16)6-4-2-1-3-5-6/h1-5,7H,12H2,(H,15,16)(H,17,18). The predicted octanol–water partition coefficient (Wildman–Crippen LogP) is -0.177. The maximum atomic E-state index is 11.8. The van der Waals surface area contributed by atoms with E-state index >= 15 is 0 Å². The van der Waals surface area contributed by atoms with Crippen LogP contribution in [0.3, 0.4) is 0 Å². The summed E-state index contributed by atoms with van der Waals surface area (Å²) in [6.45, 7) is 0. The number of nitrogens with zero attached hydrogens (tertiary/aromatic N) is 1. The molecule has 0 bridgehead atoms. The van der Waals surface area contributed by atoms with Crippen molar-refractivity contribution in [1.29, 1.82) is 0 Å². The molecule has 0 aliphatic rings. The lowest BCUT2D eigenvalue weighted by Gasteiger charge is -2.10. The van der Waals surface area contributed by atoms with Gasteiger partial charge < -0.3 is 16.1 Å². The van der Waals surface area contributed by atoms with Gasteiger partial charge in [-0.05, 0) is 5.56 Å². The zero-order chi connectivity index (χ0) is 13.7. The first-order valence-electron chi connectivity index (χ1n) is 4.82. The summed E-state index contributed by atoms with van der Waals surface area (Å²) in [5.74, 6) is -1.14. The quantitative estimate of drug-likeness (QED) is 0.287. The number of carbonyl (C=O) groups is 3. The van der Waals surface area contributed by atoms with Crippen molar-refractivity contribution in [1.82, 2.24) is 0 Å². The van der Waals surface area contributed by atoms with Gasteiger partial charge in [-0.1, -0.05) is 30.3 Å². The van der Waals surface area contributed by atoms with Crippen LogP contribution in [-0.2, 0) is 14.4 Å². The molecule has 4 N–H and O–H groups in total. The van der Waals surface area contributed by atoms with E-state index in [-0.39, 0.29) is 5.56 Å². The molecule has 0 aromatic heterocycles. The summed E-state index contributed by atoms with van der Waals surface area (Å²) in [4.78, 5) is 33.6. The number of carboxylic acids is 2. The summed E-state index contributed by atoms with van der Waals surface area (Å²) >= 11 is 0. The molecule has 1 atom stereocenters. The highest BCUT2D eigenvalue weighted by Crippen LogP contribution is 2.17. The molecule has 0 saturated heterocycles. The normalized spacial score (nSPS) is 12.8. The van der Waals surface area contributed by atoms with Gasteiger partial charge in [-0.3, -0.25) is 9.59 Å². The number of hydrazone groups is 1. The first-order chi connectivity index (χ1) is 8.49. The highest BCUT2D eigenvalue weighted by atomic mass is 16.4. The molecule has 0 aliphatic heterocycles. The van der Waals surface area contributed by atoms with Gasteiger partial charge in [-0.25, -0.2) is 4.79 Å². The van der Waals surface area contributed by atoms with Crippen molar-refractivity contribution < 1.29 is 24.6 Å². The number of rotatable bonds is 5. The van der Waals surface area contributed by atoms with Gasteiger partial charge in [0.15, 0.2) is 0 Å². The third kappa shape index (κ3) is 2.70. The molecular weight excluding hydrogens is 240 g/mol. The van der Waals surface area contributed by atoms with E-state index in [0.717, 1.165) is 0 Å². The molecule has 0 fully saturated rings. The first-order valence-corrected chi connectivity index (χ1v) is 4.82. The molecule has 0 heterocycles. The number of hydrogen-bond acceptors (Lipinski definition) is 5. The Labute approximate surface area is 102 Å². The second kappa shape index (κ2) is 5.58. The van der Waals surface area contributed by atoms with Gasteiger partial charge in [0.1, 0.15) is 5.92 Å². The lowest BCUT2D eigenvalue weighted by Crippen LogP contribution is -2.33. The Kier molecular flexibility index (Phi) is 4.14. The predicted molar refractivity (Wildman–Crippen MR) is 61.1 cm³/mol. The second-order valence-corrected chi connectivity index (χ2v) is 3.33. The Bertz CT molecular complexity index is 509. The molecule has 18 heavy (non-hydrogen) atoms. The zero-order valence-electron chi connectivity index (χ0n) is 9.11. The molecule has 94 valence electrons.